The Morgan fingerprint density at radius 1 is 1.03 bits per heavy atom. The van der Waals surface area contributed by atoms with Crippen LogP contribution in [0.5, 0.6) is 11.5 Å². The molecule has 1 amide bonds. The van der Waals surface area contributed by atoms with Crippen LogP contribution in [0.15, 0.2) is 66.2 Å². The van der Waals surface area contributed by atoms with Crippen LogP contribution in [0.4, 0.5) is 5.69 Å². The molecule has 0 aliphatic carbocycles. The van der Waals surface area contributed by atoms with E-state index in [1.165, 1.54) is 18.7 Å². The summed E-state index contributed by atoms with van der Waals surface area (Å²) < 4.78 is 11.3. The highest BCUT2D eigenvalue weighted by atomic mass is 35.5. The van der Waals surface area contributed by atoms with E-state index in [1.54, 1.807) is 36.4 Å². The summed E-state index contributed by atoms with van der Waals surface area (Å²) in [5, 5.41) is 12.8. The summed E-state index contributed by atoms with van der Waals surface area (Å²) in [4.78, 5) is 12.5. The molecule has 1 N–H and O–H groups in total. The van der Waals surface area contributed by atoms with E-state index in [1.807, 2.05) is 37.3 Å². The van der Waals surface area contributed by atoms with E-state index in [9.17, 15) is 10.1 Å². The minimum absolute atomic E-state index is 0.0866. The van der Waals surface area contributed by atoms with E-state index < -0.39 is 5.91 Å². The average molecular weight is 467 g/mol. The van der Waals surface area contributed by atoms with Crippen LogP contribution in [-0.4, -0.2) is 13.0 Å². The molecule has 3 aromatic rings. The summed E-state index contributed by atoms with van der Waals surface area (Å²) in [5.74, 6) is 0.469. The van der Waals surface area contributed by atoms with Crippen molar-refractivity contribution in [3.63, 3.8) is 0 Å². The van der Waals surface area contributed by atoms with Gasteiger partial charge < -0.3 is 14.8 Å². The first-order chi connectivity index (χ1) is 15.4. The SMILES string of the molecule is COc1cc(C=C(C#N)C(=O)Nc2cc(Cl)cc(Cl)c2)ccc1OCc1ccc(C)cc1. The summed E-state index contributed by atoms with van der Waals surface area (Å²) in [6.45, 7) is 2.42. The number of nitrogens with zero attached hydrogens (tertiary/aromatic N) is 1. The number of hydrogen-bond donors (Lipinski definition) is 1. The molecule has 3 rings (SSSR count). The Bertz CT molecular complexity index is 1180. The van der Waals surface area contributed by atoms with Gasteiger partial charge in [-0.25, -0.2) is 0 Å². The van der Waals surface area contributed by atoms with Crippen LogP contribution >= 0.6 is 23.2 Å². The molecule has 3 aromatic carbocycles. The minimum Gasteiger partial charge on any atom is -0.493 e. The Morgan fingerprint density at radius 3 is 2.34 bits per heavy atom. The summed E-state index contributed by atoms with van der Waals surface area (Å²) in [5.41, 5.74) is 3.13. The molecule has 0 saturated carbocycles. The maximum Gasteiger partial charge on any atom is 0.266 e. The largest absolute Gasteiger partial charge is 0.493 e. The van der Waals surface area contributed by atoms with Crippen LogP contribution in [-0.2, 0) is 11.4 Å². The monoisotopic (exact) mass is 466 g/mol. The second-order valence-electron chi connectivity index (χ2n) is 6.97. The van der Waals surface area contributed by atoms with E-state index >= 15 is 0 Å². The lowest BCUT2D eigenvalue weighted by molar-refractivity contribution is -0.112. The fourth-order valence-electron chi connectivity index (χ4n) is 2.88. The molecule has 0 aromatic heterocycles. The third kappa shape index (κ3) is 6.27. The van der Waals surface area contributed by atoms with Gasteiger partial charge in [-0.3, -0.25) is 4.79 Å². The summed E-state index contributed by atoms with van der Waals surface area (Å²) in [6, 6.07) is 19.8. The molecule has 0 unspecified atom stereocenters. The lowest BCUT2D eigenvalue weighted by atomic mass is 10.1. The number of amides is 1. The second-order valence-corrected chi connectivity index (χ2v) is 7.84. The Hall–Kier alpha value is -3.46. The smallest absolute Gasteiger partial charge is 0.266 e. The van der Waals surface area contributed by atoms with Gasteiger partial charge in [0.25, 0.3) is 5.91 Å². The molecule has 0 saturated heterocycles. The van der Waals surface area contributed by atoms with Crippen molar-refractivity contribution in [2.45, 2.75) is 13.5 Å². The van der Waals surface area contributed by atoms with E-state index in [0.717, 1.165) is 5.56 Å². The van der Waals surface area contributed by atoms with E-state index in [0.29, 0.717) is 39.4 Å². The predicted octanol–water partition coefficient (Wildman–Crippen LogP) is 6.44. The topological polar surface area (TPSA) is 71.3 Å². The van der Waals surface area contributed by atoms with Gasteiger partial charge in [-0.15, -0.1) is 0 Å². The number of methoxy groups -OCH3 is 1. The van der Waals surface area contributed by atoms with Crippen LogP contribution in [0.2, 0.25) is 10.0 Å². The molecule has 0 aliphatic rings. The number of nitrogens with one attached hydrogen (secondary N) is 1. The lowest BCUT2D eigenvalue weighted by Gasteiger charge is -2.12. The fourth-order valence-corrected chi connectivity index (χ4v) is 3.40. The van der Waals surface area contributed by atoms with Crippen molar-refractivity contribution in [2.75, 3.05) is 12.4 Å². The number of rotatable bonds is 7. The van der Waals surface area contributed by atoms with Crippen molar-refractivity contribution >= 4 is 40.9 Å². The molecule has 0 aliphatic heterocycles. The highest BCUT2D eigenvalue weighted by Crippen LogP contribution is 2.30. The Labute approximate surface area is 196 Å². The molecule has 0 radical (unpaired) electrons. The zero-order valence-corrected chi connectivity index (χ0v) is 19.0. The lowest BCUT2D eigenvalue weighted by Crippen LogP contribution is -2.13. The molecule has 0 fully saturated rings. The van der Waals surface area contributed by atoms with Crippen LogP contribution < -0.4 is 14.8 Å². The maximum absolute atomic E-state index is 12.5. The van der Waals surface area contributed by atoms with Crippen molar-refractivity contribution in [1.29, 1.82) is 5.26 Å². The number of anilines is 1. The number of halogens is 2. The van der Waals surface area contributed by atoms with Crippen molar-refractivity contribution < 1.29 is 14.3 Å². The highest BCUT2D eigenvalue weighted by Gasteiger charge is 2.12. The quantitative estimate of drug-likeness (QED) is 0.321. The molecule has 0 bridgehead atoms. The van der Waals surface area contributed by atoms with Gasteiger partial charge in [-0.1, -0.05) is 59.1 Å². The first-order valence-corrected chi connectivity index (χ1v) is 10.4. The average Bonchev–Trinajstić information content (AvgIpc) is 2.76. The molecule has 162 valence electrons. The number of hydrogen-bond acceptors (Lipinski definition) is 4. The number of ether oxygens (including phenoxy) is 2. The van der Waals surface area contributed by atoms with E-state index in [4.69, 9.17) is 32.7 Å². The number of nitriles is 1. The Kier molecular flexibility index (Phi) is 7.77. The minimum atomic E-state index is -0.579. The molecular formula is C25H20Cl2N2O3. The molecule has 5 nitrogen and oxygen atoms in total. The molecule has 0 spiro atoms. The van der Waals surface area contributed by atoms with Gasteiger partial charge in [-0.2, -0.15) is 5.26 Å². The van der Waals surface area contributed by atoms with Gasteiger partial charge in [0.1, 0.15) is 18.2 Å². The molecular weight excluding hydrogens is 447 g/mol. The van der Waals surface area contributed by atoms with Crippen LogP contribution in [0.1, 0.15) is 16.7 Å². The fraction of sp³-hybridized carbons (Fsp3) is 0.120. The summed E-state index contributed by atoms with van der Waals surface area (Å²) in [7, 11) is 1.53. The van der Waals surface area contributed by atoms with Gasteiger partial charge in [-0.05, 0) is 54.5 Å². The van der Waals surface area contributed by atoms with Crippen molar-refractivity contribution in [3.8, 4) is 17.6 Å². The van der Waals surface area contributed by atoms with Crippen molar-refractivity contribution in [2.24, 2.45) is 0 Å². The summed E-state index contributed by atoms with van der Waals surface area (Å²) >= 11 is 11.9. The van der Waals surface area contributed by atoms with Gasteiger partial charge in [0.15, 0.2) is 11.5 Å². The van der Waals surface area contributed by atoms with Crippen molar-refractivity contribution in [3.05, 3.63) is 93.0 Å². The number of benzene rings is 3. The van der Waals surface area contributed by atoms with Gasteiger partial charge >= 0.3 is 0 Å². The standard InChI is InChI=1S/C25H20Cl2N2O3/c1-16-3-5-17(6-4-16)15-32-23-8-7-18(10-24(23)31-2)9-19(14-28)25(30)29-22-12-20(26)11-21(27)13-22/h3-13H,15H2,1-2H3,(H,29,30). The van der Waals surface area contributed by atoms with Gasteiger partial charge in [0, 0.05) is 15.7 Å². The Morgan fingerprint density at radius 2 is 1.72 bits per heavy atom. The Balaban J connectivity index is 1.76. The molecule has 0 atom stereocenters. The van der Waals surface area contributed by atoms with E-state index in [-0.39, 0.29) is 5.57 Å². The maximum atomic E-state index is 12.5. The first kappa shape index (κ1) is 23.2. The third-order valence-electron chi connectivity index (χ3n) is 4.50. The molecule has 0 heterocycles. The van der Waals surface area contributed by atoms with Gasteiger partial charge in [0.2, 0.25) is 0 Å². The normalized spacial score (nSPS) is 10.9. The first-order valence-electron chi connectivity index (χ1n) is 9.63. The van der Waals surface area contributed by atoms with E-state index in [2.05, 4.69) is 5.32 Å². The van der Waals surface area contributed by atoms with Crippen LogP contribution in [0, 0.1) is 18.3 Å². The number of aryl methyl sites for hydroxylation is 1. The van der Waals surface area contributed by atoms with Crippen molar-refractivity contribution in [1.82, 2.24) is 0 Å². The predicted molar refractivity (Wildman–Crippen MR) is 127 cm³/mol. The van der Waals surface area contributed by atoms with Crippen LogP contribution in [0.3, 0.4) is 0 Å². The molecule has 7 heteroatoms. The number of carbonyl (C=O) groups excluding carboxylic acids is 1. The zero-order valence-electron chi connectivity index (χ0n) is 17.5. The second kappa shape index (κ2) is 10.7. The summed E-state index contributed by atoms with van der Waals surface area (Å²) in [6.07, 6.45) is 1.47. The number of carbonyl (C=O) groups is 1. The van der Waals surface area contributed by atoms with Crippen LogP contribution in [0.25, 0.3) is 6.08 Å². The zero-order chi connectivity index (χ0) is 23.1. The third-order valence-corrected chi connectivity index (χ3v) is 4.94. The molecule has 32 heavy (non-hydrogen) atoms. The highest BCUT2D eigenvalue weighted by molar-refractivity contribution is 6.35. The van der Waals surface area contributed by atoms with Gasteiger partial charge in [0.05, 0.1) is 7.11 Å².